The fourth-order valence-electron chi connectivity index (χ4n) is 2.94. The van der Waals surface area contributed by atoms with Crippen molar-refractivity contribution in [2.75, 3.05) is 26.7 Å². The molecule has 0 heterocycles. The molecule has 1 aliphatic rings. The number of carbonyl (C=O) groups is 2. The molecule has 1 rings (SSSR count). The lowest BCUT2D eigenvalue weighted by Gasteiger charge is -2.35. The Labute approximate surface area is 128 Å². The van der Waals surface area contributed by atoms with Gasteiger partial charge in [0, 0.05) is 12.6 Å². The van der Waals surface area contributed by atoms with Gasteiger partial charge in [-0.05, 0) is 24.8 Å². The topological polar surface area (TPSA) is 58.6 Å². The van der Waals surface area contributed by atoms with Gasteiger partial charge in [0.2, 0.25) is 5.91 Å². The summed E-state index contributed by atoms with van der Waals surface area (Å²) in [6.45, 7) is 8.15. The van der Waals surface area contributed by atoms with E-state index in [0.717, 1.165) is 13.0 Å². The summed E-state index contributed by atoms with van der Waals surface area (Å²) in [5, 5.41) is 3.17. The minimum absolute atomic E-state index is 0.0627. The number of rotatable bonds is 7. The highest BCUT2D eigenvalue weighted by molar-refractivity contribution is 5.78. The zero-order valence-electron chi connectivity index (χ0n) is 13.9. The lowest BCUT2D eigenvalue weighted by atomic mass is 9.78. The van der Waals surface area contributed by atoms with E-state index in [-0.39, 0.29) is 11.9 Å². The van der Waals surface area contributed by atoms with Crippen LogP contribution in [-0.2, 0) is 14.3 Å². The van der Waals surface area contributed by atoms with Crippen LogP contribution in [0.3, 0.4) is 0 Å². The average Bonchev–Trinajstić information content (AvgIpc) is 2.47. The summed E-state index contributed by atoms with van der Waals surface area (Å²) in [6.07, 6.45) is 3.85. The van der Waals surface area contributed by atoms with Crippen LogP contribution in [0.1, 0.15) is 46.5 Å². The first-order valence-corrected chi connectivity index (χ1v) is 8.06. The monoisotopic (exact) mass is 298 g/mol. The van der Waals surface area contributed by atoms with Crippen molar-refractivity contribution >= 4 is 11.9 Å². The lowest BCUT2D eigenvalue weighted by molar-refractivity contribution is -0.141. The number of hydrogen-bond donors (Lipinski definition) is 1. The highest BCUT2D eigenvalue weighted by Crippen LogP contribution is 2.29. The largest absolute Gasteiger partial charge is 0.469 e. The number of hydrogen-bond acceptors (Lipinski definition) is 4. The van der Waals surface area contributed by atoms with Gasteiger partial charge in [-0.25, -0.2) is 0 Å². The molecule has 1 saturated carbocycles. The third-order valence-corrected chi connectivity index (χ3v) is 4.73. The molecule has 0 aromatic rings. The smallest absolute Gasteiger partial charge is 0.306 e. The second-order valence-electron chi connectivity index (χ2n) is 6.14. The molecule has 0 aromatic heterocycles. The number of likely N-dealkylation sites (N-methyl/N-ethyl adjacent to an activating group) is 1. The first-order valence-electron chi connectivity index (χ1n) is 8.06. The van der Waals surface area contributed by atoms with Crippen LogP contribution in [0.25, 0.3) is 0 Å². The van der Waals surface area contributed by atoms with Gasteiger partial charge in [-0.15, -0.1) is 0 Å². The normalized spacial score (nSPS) is 25.7. The summed E-state index contributed by atoms with van der Waals surface area (Å²) in [6, 6.07) is 0.292. The lowest BCUT2D eigenvalue weighted by Crippen LogP contribution is -2.47. The minimum Gasteiger partial charge on any atom is -0.469 e. The van der Waals surface area contributed by atoms with E-state index in [1.165, 1.54) is 20.0 Å². The van der Waals surface area contributed by atoms with E-state index >= 15 is 0 Å². The Bertz CT molecular complexity index is 346. The summed E-state index contributed by atoms with van der Waals surface area (Å²) in [4.78, 5) is 25.3. The second kappa shape index (κ2) is 9.03. The van der Waals surface area contributed by atoms with Gasteiger partial charge in [0.25, 0.3) is 0 Å². The van der Waals surface area contributed by atoms with Crippen LogP contribution in [0, 0.1) is 11.8 Å². The van der Waals surface area contributed by atoms with Crippen LogP contribution in [0.15, 0.2) is 0 Å². The van der Waals surface area contributed by atoms with Gasteiger partial charge in [0.1, 0.15) is 0 Å². The van der Waals surface area contributed by atoms with Gasteiger partial charge >= 0.3 is 5.97 Å². The molecule has 1 fully saturated rings. The zero-order valence-corrected chi connectivity index (χ0v) is 13.9. The van der Waals surface area contributed by atoms with Crippen molar-refractivity contribution in [1.82, 2.24) is 10.2 Å². The summed E-state index contributed by atoms with van der Waals surface area (Å²) in [7, 11) is 1.39. The maximum atomic E-state index is 12.2. The maximum Gasteiger partial charge on any atom is 0.306 e. The van der Waals surface area contributed by atoms with Crippen molar-refractivity contribution in [3.8, 4) is 0 Å². The van der Waals surface area contributed by atoms with Crippen molar-refractivity contribution in [2.24, 2.45) is 11.8 Å². The van der Waals surface area contributed by atoms with Crippen molar-refractivity contribution in [3.63, 3.8) is 0 Å². The van der Waals surface area contributed by atoms with E-state index in [9.17, 15) is 9.59 Å². The molecular weight excluding hydrogens is 268 g/mol. The summed E-state index contributed by atoms with van der Waals surface area (Å²) in [5.74, 6) is 1.04. The van der Waals surface area contributed by atoms with Gasteiger partial charge in [0.05, 0.1) is 20.1 Å². The van der Waals surface area contributed by atoms with Gasteiger partial charge < -0.3 is 10.1 Å². The van der Waals surface area contributed by atoms with Crippen LogP contribution in [0.2, 0.25) is 0 Å². The van der Waals surface area contributed by atoms with Crippen molar-refractivity contribution in [2.45, 2.75) is 52.5 Å². The Hall–Kier alpha value is -1.10. The molecule has 1 aliphatic carbocycles. The van der Waals surface area contributed by atoms with Crippen molar-refractivity contribution in [1.29, 1.82) is 0 Å². The Morgan fingerprint density at radius 3 is 2.62 bits per heavy atom. The first-order chi connectivity index (χ1) is 9.97. The van der Waals surface area contributed by atoms with Gasteiger partial charge in [-0.3, -0.25) is 14.5 Å². The third kappa shape index (κ3) is 6.04. The van der Waals surface area contributed by atoms with Gasteiger partial charge in [0.15, 0.2) is 0 Å². The Morgan fingerprint density at radius 1 is 1.29 bits per heavy atom. The molecule has 3 unspecified atom stereocenters. The first kappa shape index (κ1) is 18.0. The molecule has 122 valence electrons. The fourth-order valence-corrected chi connectivity index (χ4v) is 2.94. The molecule has 0 saturated heterocycles. The van der Waals surface area contributed by atoms with Crippen LogP contribution < -0.4 is 5.32 Å². The molecule has 5 nitrogen and oxygen atoms in total. The summed E-state index contributed by atoms with van der Waals surface area (Å²) in [5.41, 5.74) is 0. The molecule has 3 atom stereocenters. The zero-order chi connectivity index (χ0) is 15.8. The SMILES string of the molecule is CCN(CCC(=O)OC)CC(=O)NC1CCCC(C)C1C. The Balaban J connectivity index is 2.38. The van der Waals surface area contributed by atoms with E-state index in [0.29, 0.717) is 37.4 Å². The quantitative estimate of drug-likeness (QED) is 0.728. The van der Waals surface area contributed by atoms with Crippen molar-refractivity contribution in [3.05, 3.63) is 0 Å². The average molecular weight is 298 g/mol. The Morgan fingerprint density at radius 2 is 2.00 bits per heavy atom. The minimum atomic E-state index is -0.233. The van der Waals surface area contributed by atoms with Crippen LogP contribution in [0.5, 0.6) is 0 Å². The number of ether oxygens (including phenoxy) is 1. The maximum absolute atomic E-state index is 12.2. The van der Waals surface area contributed by atoms with E-state index < -0.39 is 0 Å². The summed E-state index contributed by atoms with van der Waals surface area (Å²) >= 11 is 0. The number of nitrogens with zero attached hydrogens (tertiary/aromatic N) is 1. The molecule has 5 heteroatoms. The van der Waals surface area contributed by atoms with Crippen LogP contribution in [0.4, 0.5) is 0 Å². The third-order valence-electron chi connectivity index (χ3n) is 4.73. The van der Waals surface area contributed by atoms with E-state index in [2.05, 4.69) is 23.9 Å². The van der Waals surface area contributed by atoms with E-state index in [4.69, 9.17) is 0 Å². The van der Waals surface area contributed by atoms with Crippen molar-refractivity contribution < 1.29 is 14.3 Å². The number of esters is 1. The number of nitrogens with one attached hydrogen (secondary N) is 1. The molecule has 0 bridgehead atoms. The number of carbonyl (C=O) groups excluding carboxylic acids is 2. The molecule has 1 N–H and O–H groups in total. The van der Waals surface area contributed by atoms with Gasteiger partial charge in [-0.2, -0.15) is 0 Å². The van der Waals surface area contributed by atoms with Crippen LogP contribution in [-0.4, -0.2) is 49.6 Å². The summed E-state index contributed by atoms with van der Waals surface area (Å²) < 4.78 is 4.63. The Kier molecular flexibility index (Phi) is 7.72. The predicted molar refractivity (Wildman–Crippen MR) is 82.9 cm³/mol. The number of amides is 1. The second-order valence-corrected chi connectivity index (χ2v) is 6.14. The molecule has 0 aromatic carbocycles. The molecule has 1 amide bonds. The highest BCUT2D eigenvalue weighted by Gasteiger charge is 2.28. The molecule has 21 heavy (non-hydrogen) atoms. The molecular formula is C16H30N2O3. The van der Waals surface area contributed by atoms with Crippen LogP contribution >= 0.6 is 0 Å². The highest BCUT2D eigenvalue weighted by atomic mass is 16.5. The standard InChI is InChI=1S/C16H30N2O3/c1-5-18(10-9-16(20)21-4)11-15(19)17-14-8-6-7-12(2)13(14)3/h12-14H,5-11H2,1-4H3,(H,17,19). The molecule has 0 spiro atoms. The van der Waals surface area contributed by atoms with E-state index in [1.807, 2.05) is 11.8 Å². The predicted octanol–water partition coefficient (Wildman–Crippen LogP) is 1.81. The van der Waals surface area contributed by atoms with E-state index in [1.54, 1.807) is 0 Å². The molecule has 0 radical (unpaired) electrons. The fraction of sp³-hybridized carbons (Fsp3) is 0.875. The molecule has 0 aliphatic heterocycles. The van der Waals surface area contributed by atoms with Gasteiger partial charge in [-0.1, -0.05) is 33.6 Å². The number of methoxy groups -OCH3 is 1.